The van der Waals surface area contributed by atoms with Gasteiger partial charge in [0.05, 0.1) is 17.5 Å². The second kappa shape index (κ2) is 7.38. The van der Waals surface area contributed by atoms with Gasteiger partial charge >= 0.3 is 0 Å². The molecule has 1 fully saturated rings. The number of carbonyl (C=O) groups excluding carboxylic acids is 2. The van der Waals surface area contributed by atoms with E-state index in [2.05, 4.69) is 77.9 Å². The van der Waals surface area contributed by atoms with Crippen molar-refractivity contribution in [1.82, 2.24) is 0 Å². The molecule has 184 valence electrons. The minimum absolute atomic E-state index is 0.0281. The van der Waals surface area contributed by atoms with Crippen LogP contribution in [0.1, 0.15) is 86.8 Å². The summed E-state index contributed by atoms with van der Waals surface area (Å²) >= 11 is 0. The summed E-state index contributed by atoms with van der Waals surface area (Å²) < 4.78 is 13.6. The average molecular weight is 482 g/mol. The Kier molecular flexibility index (Phi) is 4.74. The van der Waals surface area contributed by atoms with Crippen LogP contribution in [0.2, 0.25) is 0 Å². The van der Waals surface area contributed by atoms with Crippen LogP contribution >= 0.6 is 0 Å². The molecule has 4 unspecified atom stereocenters. The molecule has 3 aliphatic carbocycles. The molecule has 0 N–H and O–H groups in total. The Balaban J connectivity index is 1.57. The Morgan fingerprint density at radius 3 is 1.42 bits per heavy atom. The topological polar surface area (TPSA) is 37.4 Å². The number of halogens is 1. The lowest BCUT2D eigenvalue weighted by molar-refractivity contribution is -0.122. The largest absolute Gasteiger partial charge is 0.274 e. The van der Waals surface area contributed by atoms with Crippen LogP contribution < -0.4 is 4.90 Å². The minimum atomic E-state index is -0.455. The monoisotopic (exact) mass is 481 g/mol. The van der Waals surface area contributed by atoms with Crippen LogP contribution in [0.25, 0.3) is 0 Å². The van der Waals surface area contributed by atoms with Gasteiger partial charge in [-0.3, -0.25) is 9.59 Å². The molecule has 3 aromatic carbocycles. The number of anilines is 1. The maximum atomic E-state index is 14.0. The first-order valence-corrected chi connectivity index (χ1v) is 12.8. The molecular weight excluding hydrogens is 449 g/mol. The Morgan fingerprint density at radius 1 is 0.611 bits per heavy atom. The molecule has 2 bridgehead atoms. The molecule has 36 heavy (non-hydrogen) atoms. The van der Waals surface area contributed by atoms with E-state index in [0.29, 0.717) is 5.69 Å². The second-order valence-corrected chi connectivity index (χ2v) is 12.7. The maximum absolute atomic E-state index is 14.0. The molecule has 0 aromatic heterocycles. The van der Waals surface area contributed by atoms with Crippen LogP contribution in [0.5, 0.6) is 0 Å². The van der Waals surface area contributed by atoms with Gasteiger partial charge in [0, 0.05) is 11.8 Å². The van der Waals surface area contributed by atoms with Gasteiger partial charge in [-0.2, -0.15) is 0 Å². The molecule has 3 nitrogen and oxygen atoms in total. The number of benzene rings is 3. The fourth-order valence-corrected chi connectivity index (χ4v) is 6.55. The molecule has 0 radical (unpaired) electrons. The molecule has 1 aliphatic heterocycles. The maximum Gasteiger partial charge on any atom is 0.238 e. The van der Waals surface area contributed by atoms with Crippen LogP contribution in [0, 0.1) is 17.7 Å². The van der Waals surface area contributed by atoms with Gasteiger partial charge in [-0.25, -0.2) is 9.29 Å². The molecule has 3 aromatic rings. The molecule has 4 atom stereocenters. The third-order valence-corrected chi connectivity index (χ3v) is 8.45. The lowest BCUT2D eigenvalue weighted by Gasteiger charge is -2.47. The molecule has 4 heteroatoms. The molecule has 0 saturated carbocycles. The Hall–Kier alpha value is -3.27. The average Bonchev–Trinajstić information content (AvgIpc) is 3.08. The zero-order chi connectivity index (χ0) is 25.7. The molecule has 1 saturated heterocycles. The first kappa shape index (κ1) is 23.1. The van der Waals surface area contributed by atoms with Gasteiger partial charge < -0.3 is 0 Å². The normalized spacial score (nSPS) is 24.6. The third-order valence-electron chi connectivity index (χ3n) is 8.45. The molecule has 0 spiro atoms. The van der Waals surface area contributed by atoms with Gasteiger partial charge in [-0.05, 0) is 68.5 Å². The van der Waals surface area contributed by atoms with E-state index >= 15 is 0 Å². The van der Waals surface area contributed by atoms with Crippen molar-refractivity contribution in [1.29, 1.82) is 0 Å². The van der Waals surface area contributed by atoms with E-state index in [-0.39, 0.29) is 40.3 Å². The van der Waals surface area contributed by atoms with Crippen molar-refractivity contribution in [2.45, 2.75) is 64.2 Å². The number of rotatable bonds is 1. The van der Waals surface area contributed by atoms with Crippen molar-refractivity contribution in [3.63, 3.8) is 0 Å². The van der Waals surface area contributed by atoms with Crippen LogP contribution in [-0.4, -0.2) is 11.8 Å². The van der Waals surface area contributed by atoms with E-state index in [4.69, 9.17) is 0 Å². The smallest absolute Gasteiger partial charge is 0.238 e. The van der Waals surface area contributed by atoms with Crippen LogP contribution in [-0.2, 0) is 20.4 Å². The van der Waals surface area contributed by atoms with E-state index in [1.54, 1.807) is 0 Å². The van der Waals surface area contributed by atoms with E-state index in [9.17, 15) is 14.0 Å². The van der Waals surface area contributed by atoms with Gasteiger partial charge in [0.25, 0.3) is 0 Å². The van der Waals surface area contributed by atoms with Crippen molar-refractivity contribution in [3.8, 4) is 0 Å². The summed E-state index contributed by atoms with van der Waals surface area (Å²) in [6, 6.07) is 18.9. The first-order valence-electron chi connectivity index (χ1n) is 12.8. The molecule has 4 aliphatic rings. The SMILES string of the molecule is CC(C)(C)c1ccc2c(c1)C1c3ccc(C(C)(C)C)cc3C2C2C(=O)N(c3ccc(F)cc3)C(=O)C12. The van der Waals surface area contributed by atoms with Gasteiger partial charge in [0.1, 0.15) is 5.82 Å². The lowest BCUT2D eigenvalue weighted by atomic mass is 9.54. The zero-order valence-corrected chi connectivity index (χ0v) is 21.7. The van der Waals surface area contributed by atoms with Gasteiger partial charge in [0.15, 0.2) is 0 Å². The quantitative estimate of drug-likeness (QED) is 0.358. The fourth-order valence-electron chi connectivity index (χ4n) is 6.55. The molecule has 7 rings (SSSR count). The van der Waals surface area contributed by atoms with Crippen molar-refractivity contribution in [2.75, 3.05) is 4.90 Å². The molecule has 1 heterocycles. The van der Waals surface area contributed by atoms with Crippen molar-refractivity contribution >= 4 is 17.5 Å². The highest BCUT2D eigenvalue weighted by Crippen LogP contribution is 2.62. The summed E-state index contributed by atoms with van der Waals surface area (Å²) in [7, 11) is 0. The highest BCUT2D eigenvalue weighted by molar-refractivity contribution is 6.23. The second-order valence-electron chi connectivity index (χ2n) is 12.7. The van der Waals surface area contributed by atoms with Crippen molar-refractivity contribution < 1.29 is 14.0 Å². The first-order chi connectivity index (χ1) is 16.9. The minimum Gasteiger partial charge on any atom is -0.274 e. The van der Waals surface area contributed by atoms with E-state index in [0.717, 1.165) is 11.1 Å². The van der Waals surface area contributed by atoms with Gasteiger partial charge in [-0.1, -0.05) is 77.9 Å². The predicted octanol–water partition coefficient (Wildman–Crippen LogP) is 6.82. The summed E-state index contributed by atoms with van der Waals surface area (Å²) in [5.41, 5.74) is 7.51. The zero-order valence-electron chi connectivity index (χ0n) is 21.7. The Labute approximate surface area is 212 Å². The number of hydrogen-bond donors (Lipinski definition) is 0. The van der Waals surface area contributed by atoms with E-state index in [1.165, 1.54) is 51.4 Å². The number of hydrogen-bond acceptors (Lipinski definition) is 2. The molecule has 2 amide bonds. The standard InChI is InChI=1S/C32H32FNO2/c1-31(2,3)17-7-13-21-23(15-17)25-22-14-8-18(32(4,5)6)16-24(22)26(21)28-27(25)29(35)34(30(28)36)20-11-9-19(33)10-12-20/h7-16,25-28H,1-6H3. The fraction of sp³-hybridized carbons (Fsp3) is 0.375. The summed E-state index contributed by atoms with van der Waals surface area (Å²) in [5, 5.41) is 0. The number of nitrogens with zero attached hydrogens (tertiary/aromatic N) is 1. The van der Waals surface area contributed by atoms with Crippen LogP contribution in [0.4, 0.5) is 10.1 Å². The Bertz CT molecular complexity index is 1340. The lowest BCUT2D eigenvalue weighted by Crippen LogP contribution is -2.42. The predicted molar refractivity (Wildman–Crippen MR) is 140 cm³/mol. The molecular formula is C32H32FNO2. The van der Waals surface area contributed by atoms with Gasteiger partial charge in [-0.15, -0.1) is 0 Å². The van der Waals surface area contributed by atoms with Crippen molar-refractivity contribution in [3.05, 3.63) is 99.9 Å². The van der Waals surface area contributed by atoms with Crippen molar-refractivity contribution in [2.24, 2.45) is 11.8 Å². The van der Waals surface area contributed by atoms with E-state index < -0.39 is 11.8 Å². The van der Waals surface area contributed by atoms with Gasteiger partial charge in [0.2, 0.25) is 11.8 Å². The number of imide groups is 1. The number of carbonyl (C=O) groups is 2. The van der Waals surface area contributed by atoms with E-state index in [1.807, 2.05) is 0 Å². The highest BCUT2D eigenvalue weighted by Gasteiger charge is 2.62. The summed E-state index contributed by atoms with van der Waals surface area (Å²) in [6.45, 7) is 13.2. The summed E-state index contributed by atoms with van der Waals surface area (Å²) in [4.78, 5) is 29.2. The van der Waals surface area contributed by atoms with Crippen LogP contribution in [0.15, 0.2) is 60.7 Å². The summed E-state index contributed by atoms with van der Waals surface area (Å²) in [6.07, 6.45) is 0. The Morgan fingerprint density at radius 2 is 1.03 bits per heavy atom. The highest BCUT2D eigenvalue weighted by atomic mass is 19.1. The number of amides is 2. The summed E-state index contributed by atoms with van der Waals surface area (Å²) in [5.74, 6) is -2.01. The van der Waals surface area contributed by atoms with Crippen LogP contribution in [0.3, 0.4) is 0 Å². The third kappa shape index (κ3) is 3.16.